The Morgan fingerprint density at radius 1 is 1.41 bits per heavy atom. The molecule has 1 N–H and O–H groups in total. The van der Waals surface area contributed by atoms with Crippen molar-refractivity contribution in [2.45, 2.75) is 58.1 Å². The SMILES string of the molecule is CN(CCC1CCCCN1)C(=O)OC(C)(C)C. The largest absolute Gasteiger partial charge is 0.444 e. The van der Waals surface area contributed by atoms with Gasteiger partial charge in [-0.15, -0.1) is 0 Å². The summed E-state index contributed by atoms with van der Waals surface area (Å²) >= 11 is 0. The molecule has 1 amide bonds. The van der Waals surface area contributed by atoms with Crippen molar-refractivity contribution >= 4 is 6.09 Å². The van der Waals surface area contributed by atoms with E-state index in [2.05, 4.69) is 5.32 Å². The topological polar surface area (TPSA) is 41.6 Å². The van der Waals surface area contributed by atoms with Gasteiger partial charge in [0.05, 0.1) is 0 Å². The second-order valence-electron chi connectivity index (χ2n) is 5.84. The van der Waals surface area contributed by atoms with Crippen LogP contribution in [0.4, 0.5) is 4.79 Å². The molecule has 1 atom stereocenters. The molecule has 1 heterocycles. The first-order valence-electron chi connectivity index (χ1n) is 6.56. The van der Waals surface area contributed by atoms with Gasteiger partial charge in [-0.05, 0) is 46.6 Å². The minimum absolute atomic E-state index is 0.228. The molecule has 0 aromatic rings. The van der Waals surface area contributed by atoms with Gasteiger partial charge in [-0.2, -0.15) is 0 Å². The molecule has 4 heteroatoms. The molecule has 17 heavy (non-hydrogen) atoms. The van der Waals surface area contributed by atoms with Crippen LogP contribution in [-0.4, -0.2) is 42.8 Å². The maximum atomic E-state index is 11.7. The molecule has 4 nitrogen and oxygen atoms in total. The van der Waals surface area contributed by atoms with Crippen LogP contribution >= 0.6 is 0 Å². The molecule has 0 aromatic heterocycles. The average Bonchev–Trinajstić information content (AvgIpc) is 2.25. The molecule has 0 aromatic carbocycles. The van der Waals surface area contributed by atoms with Gasteiger partial charge < -0.3 is 15.0 Å². The molecule has 0 aliphatic carbocycles. The zero-order valence-electron chi connectivity index (χ0n) is 11.6. The summed E-state index contributed by atoms with van der Waals surface area (Å²) in [6.07, 6.45) is 4.58. The molecule has 1 unspecified atom stereocenters. The van der Waals surface area contributed by atoms with Gasteiger partial charge in [0.15, 0.2) is 0 Å². The number of amides is 1. The third-order valence-electron chi connectivity index (χ3n) is 2.93. The monoisotopic (exact) mass is 242 g/mol. The van der Waals surface area contributed by atoms with Crippen LogP contribution in [0.3, 0.4) is 0 Å². The van der Waals surface area contributed by atoms with Gasteiger partial charge in [0.1, 0.15) is 5.60 Å². The van der Waals surface area contributed by atoms with Crippen LogP contribution < -0.4 is 5.32 Å². The van der Waals surface area contributed by atoms with Crippen molar-refractivity contribution in [3.63, 3.8) is 0 Å². The summed E-state index contributed by atoms with van der Waals surface area (Å²) in [5.74, 6) is 0. The fourth-order valence-corrected chi connectivity index (χ4v) is 1.95. The molecular formula is C13H26N2O2. The number of nitrogens with zero attached hydrogens (tertiary/aromatic N) is 1. The predicted octanol–water partition coefficient (Wildman–Crippen LogP) is 2.39. The molecule has 0 spiro atoms. The maximum absolute atomic E-state index is 11.7. The molecular weight excluding hydrogens is 216 g/mol. The van der Waals surface area contributed by atoms with Gasteiger partial charge >= 0.3 is 6.09 Å². The van der Waals surface area contributed by atoms with E-state index in [9.17, 15) is 4.79 Å². The summed E-state index contributed by atoms with van der Waals surface area (Å²) in [4.78, 5) is 13.4. The van der Waals surface area contributed by atoms with Crippen molar-refractivity contribution in [3.8, 4) is 0 Å². The van der Waals surface area contributed by atoms with Crippen LogP contribution in [0.25, 0.3) is 0 Å². The number of hydrogen-bond donors (Lipinski definition) is 1. The molecule has 1 saturated heterocycles. The van der Waals surface area contributed by atoms with Crippen LogP contribution in [0.2, 0.25) is 0 Å². The highest BCUT2D eigenvalue weighted by molar-refractivity contribution is 5.67. The fraction of sp³-hybridized carbons (Fsp3) is 0.923. The number of carbonyl (C=O) groups is 1. The van der Waals surface area contributed by atoms with Crippen molar-refractivity contribution in [1.29, 1.82) is 0 Å². The van der Waals surface area contributed by atoms with Crippen LogP contribution in [-0.2, 0) is 4.74 Å². The van der Waals surface area contributed by atoms with Crippen molar-refractivity contribution in [2.24, 2.45) is 0 Å². The lowest BCUT2D eigenvalue weighted by Gasteiger charge is -2.27. The van der Waals surface area contributed by atoms with E-state index in [4.69, 9.17) is 4.74 Å². The lowest BCUT2D eigenvalue weighted by molar-refractivity contribution is 0.0292. The Kier molecular flexibility index (Phi) is 5.25. The molecule has 0 radical (unpaired) electrons. The highest BCUT2D eigenvalue weighted by Gasteiger charge is 2.20. The summed E-state index contributed by atoms with van der Waals surface area (Å²) in [7, 11) is 1.80. The minimum Gasteiger partial charge on any atom is -0.444 e. The lowest BCUT2D eigenvalue weighted by atomic mass is 10.0. The molecule has 1 aliphatic heterocycles. The highest BCUT2D eigenvalue weighted by Crippen LogP contribution is 2.12. The van der Waals surface area contributed by atoms with Gasteiger partial charge in [-0.1, -0.05) is 6.42 Å². The predicted molar refractivity (Wildman–Crippen MR) is 69.1 cm³/mol. The van der Waals surface area contributed by atoms with E-state index in [1.807, 2.05) is 20.8 Å². The van der Waals surface area contributed by atoms with Gasteiger partial charge in [0.2, 0.25) is 0 Å². The summed E-state index contributed by atoms with van der Waals surface area (Å²) in [5, 5.41) is 3.48. The van der Waals surface area contributed by atoms with Crippen molar-refractivity contribution < 1.29 is 9.53 Å². The van der Waals surface area contributed by atoms with E-state index in [1.165, 1.54) is 19.3 Å². The number of carbonyl (C=O) groups excluding carboxylic acids is 1. The third-order valence-corrected chi connectivity index (χ3v) is 2.93. The van der Waals surface area contributed by atoms with Crippen LogP contribution in [0.1, 0.15) is 46.5 Å². The van der Waals surface area contributed by atoms with E-state index in [-0.39, 0.29) is 6.09 Å². The Morgan fingerprint density at radius 2 is 2.12 bits per heavy atom. The van der Waals surface area contributed by atoms with Gasteiger partial charge in [-0.25, -0.2) is 4.79 Å². The third kappa shape index (κ3) is 5.91. The average molecular weight is 242 g/mol. The van der Waals surface area contributed by atoms with Gasteiger partial charge in [0.25, 0.3) is 0 Å². The molecule has 1 fully saturated rings. The summed E-state index contributed by atoms with van der Waals surface area (Å²) in [5.41, 5.74) is -0.408. The first-order chi connectivity index (χ1) is 7.88. The van der Waals surface area contributed by atoms with Gasteiger partial charge in [-0.3, -0.25) is 0 Å². The van der Waals surface area contributed by atoms with Crippen LogP contribution in [0, 0.1) is 0 Å². The van der Waals surface area contributed by atoms with Crippen molar-refractivity contribution in [3.05, 3.63) is 0 Å². The van der Waals surface area contributed by atoms with Crippen LogP contribution in [0.5, 0.6) is 0 Å². The number of rotatable bonds is 3. The van der Waals surface area contributed by atoms with E-state index >= 15 is 0 Å². The summed E-state index contributed by atoms with van der Waals surface area (Å²) in [6.45, 7) is 7.54. The Labute approximate surface area is 105 Å². The van der Waals surface area contributed by atoms with E-state index in [0.29, 0.717) is 6.04 Å². The maximum Gasteiger partial charge on any atom is 0.410 e. The normalized spacial score (nSPS) is 21.1. The molecule has 0 bridgehead atoms. The molecule has 100 valence electrons. The smallest absolute Gasteiger partial charge is 0.410 e. The zero-order valence-corrected chi connectivity index (χ0v) is 11.6. The molecule has 0 saturated carbocycles. The Hall–Kier alpha value is -0.770. The molecule has 1 rings (SSSR count). The Balaban J connectivity index is 2.23. The highest BCUT2D eigenvalue weighted by atomic mass is 16.6. The number of hydrogen-bond acceptors (Lipinski definition) is 3. The second-order valence-corrected chi connectivity index (χ2v) is 5.84. The van der Waals surface area contributed by atoms with E-state index in [1.54, 1.807) is 11.9 Å². The van der Waals surface area contributed by atoms with Crippen molar-refractivity contribution in [1.82, 2.24) is 10.2 Å². The zero-order chi connectivity index (χ0) is 12.9. The first kappa shape index (κ1) is 14.3. The first-order valence-corrected chi connectivity index (χ1v) is 6.56. The van der Waals surface area contributed by atoms with Gasteiger partial charge in [0, 0.05) is 19.6 Å². The molecule has 1 aliphatic rings. The van der Waals surface area contributed by atoms with E-state index in [0.717, 1.165) is 19.5 Å². The fourth-order valence-electron chi connectivity index (χ4n) is 1.95. The number of ether oxygens (including phenoxy) is 1. The van der Waals surface area contributed by atoms with Crippen LogP contribution in [0.15, 0.2) is 0 Å². The lowest BCUT2D eigenvalue weighted by Crippen LogP contribution is -2.39. The minimum atomic E-state index is -0.408. The van der Waals surface area contributed by atoms with Crippen molar-refractivity contribution in [2.75, 3.05) is 20.1 Å². The Morgan fingerprint density at radius 3 is 2.65 bits per heavy atom. The summed E-state index contributed by atoms with van der Waals surface area (Å²) in [6, 6.07) is 0.564. The summed E-state index contributed by atoms with van der Waals surface area (Å²) < 4.78 is 5.31. The standard InChI is InChI=1S/C13H26N2O2/c1-13(2,3)17-12(16)15(4)10-8-11-7-5-6-9-14-11/h11,14H,5-10H2,1-4H3. The second kappa shape index (κ2) is 6.24. The quantitative estimate of drug-likeness (QED) is 0.826. The number of nitrogens with one attached hydrogen (secondary N) is 1. The number of piperidine rings is 1. The van der Waals surface area contributed by atoms with E-state index < -0.39 is 5.60 Å². The Bertz CT molecular complexity index is 242.